The molecule has 0 radical (unpaired) electrons. The van der Waals surface area contributed by atoms with E-state index in [2.05, 4.69) is 16.0 Å². The first kappa shape index (κ1) is 18.1. The number of benzene rings is 2. The molecule has 0 heterocycles. The van der Waals surface area contributed by atoms with Gasteiger partial charge >= 0.3 is 0 Å². The fourth-order valence-electron chi connectivity index (χ4n) is 1.93. The molecule has 2 amide bonds. The maximum absolute atomic E-state index is 11.9. The van der Waals surface area contributed by atoms with E-state index in [0.717, 1.165) is 5.69 Å². The zero-order valence-corrected chi connectivity index (χ0v) is 14.5. The zero-order valence-electron chi connectivity index (χ0n) is 13.0. The van der Waals surface area contributed by atoms with Gasteiger partial charge in [-0.1, -0.05) is 30.1 Å². The summed E-state index contributed by atoms with van der Waals surface area (Å²) in [5, 5.41) is 9.37. The first-order valence-electron chi connectivity index (χ1n) is 7.36. The molecule has 3 N–H and O–H groups in total. The van der Waals surface area contributed by atoms with E-state index < -0.39 is 0 Å². The Kier molecular flexibility index (Phi) is 6.46. The number of hydrogen-bond donors (Lipinski definition) is 3. The second-order valence-corrected chi connectivity index (χ2v) is 5.91. The summed E-state index contributed by atoms with van der Waals surface area (Å²) in [6, 6.07) is 11.9. The largest absolute Gasteiger partial charge is 0.376 e. The van der Waals surface area contributed by atoms with Crippen molar-refractivity contribution >= 4 is 52.1 Å². The molecule has 126 valence electrons. The highest BCUT2D eigenvalue weighted by atomic mass is 35.5. The fourth-order valence-corrected chi connectivity index (χ4v) is 2.46. The average molecular weight is 366 g/mol. The van der Waals surface area contributed by atoms with E-state index in [-0.39, 0.29) is 18.4 Å². The van der Waals surface area contributed by atoms with Crippen LogP contribution in [0, 0.1) is 0 Å². The monoisotopic (exact) mass is 365 g/mol. The molecule has 0 atom stereocenters. The molecule has 0 fully saturated rings. The van der Waals surface area contributed by atoms with Gasteiger partial charge in [0.2, 0.25) is 11.8 Å². The summed E-state index contributed by atoms with van der Waals surface area (Å²) in [5.41, 5.74) is 2.02. The van der Waals surface area contributed by atoms with Crippen LogP contribution >= 0.6 is 23.2 Å². The minimum atomic E-state index is -0.225. The third-order valence-corrected chi connectivity index (χ3v) is 3.53. The van der Waals surface area contributed by atoms with Gasteiger partial charge in [0.25, 0.3) is 0 Å². The van der Waals surface area contributed by atoms with Crippen molar-refractivity contribution in [3.8, 4) is 0 Å². The Morgan fingerprint density at radius 3 is 1.96 bits per heavy atom. The fraction of sp³-hybridized carbons (Fsp3) is 0.176. The van der Waals surface area contributed by atoms with Crippen molar-refractivity contribution < 1.29 is 9.59 Å². The van der Waals surface area contributed by atoms with Gasteiger partial charge in [-0.3, -0.25) is 9.59 Å². The smallest absolute Gasteiger partial charge is 0.243 e. The summed E-state index contributed by atoms with van der Waals surface area (Å²) < 4.78 is 0. The van der Waals surface area contributed by atoms with E-state index >= 15 is 0 Å². The van der Waals surface area contributed by atoms with Gasteiger partial charge in [0, 0.05) is 33.5 Å². The van der Waals surface area contributed by atoms with Gasteiger partial charge in [-0.05, 0) is 42.5 Å². The van der Waals surface area contributed by atoms with Gasteiger partial charge in [-0.15, -0.1) is 0 Å². The topological polar surface area (TPSA) is 70.2 Å². The van der Waals surface area contributed by atoms with Crippen LogP contribution in [0.4, 0.5) is 17.1 Å². The summed E-state index contributed by atoms with van der Waals surface area (Å²) in [6.45, 7) is 1.88. The highest BCUT2D eigenvalue weighted by molar-refractivity contribution is 6.35. The lowest BCUT2D eigenvalue weighted by Crippen LogP contribution is -2.21. The van der Waals surface area contributed by atoms with Crippen LogP contribution in [-0.2, 0) is 9.59 Å². The number of carbonyl (C=O) groups excluding carboxylic acids is 2. The van der Waals surface area contributed by atoms with Crippen LogP contribution in [0.25, 0.3) is 0 Å². The predicted molar refractivity (Wildman–Crippen MR) is 98.9 cm³/mol. The molecule has 0 spiro atoms. The van der Waals surface area contributed by atoms with Gasteiger partial charge in [0.05, 0.1) is 6.54 Å². The Balaban J connectivity index is 1.86. The molecular weight excluding hydrogens is 349 g/mol. The lowest BCUT2D eigenvalue weighted by atomic mass is 10.2. The predicted octanol–water partition coefficient (Wildman–Crippen LogP) is 4.39. The van der Waals surface area contributed by atoms with Gasteiger partial charge in [0.1, 0.15) is 0 Å². The Morgan fingerprint density at radius 1 is 0.833 bits per heavy atom. The van der Waals surface area contributed by atoms with Crippen LogP contribution in [0.5, 0.6) is 0 Å². The molecule has 7 heteroatoms. The van der Waals surface area contributed by atoms with E-state index in [1.165, 1.54) is 0 Å². The van der Waals surface area contributed by atoms with Gasteiger partial charge < -0.3 is 16.0 Å². The number of amides is 2. The molecule has 24 heavy (non-hydrogen) atoms. The Bertz CT molecular complexity index is 713. The molecule has 0 aliphatic carbocycles. The lowest BCUT2D eigenvalue weighted by molar-refractivity contribution is -0.116. The summed E-state index contributed by atoms with van der Waals surface area (Å²) in [7, 11) is 0. The molecule has 0 aliphatic heterocycles. The van der Waals surface area contributed by atoms with Crippen LogP contribution in [-0.4, -0.2) is 18.4 Å². The van der Waals surface area contributed by atoms with Crippen molar-refractivity contribution in [1.29, 1.82) is 0 Å². The third-order valence-electron chi connectivity index (χ3n) is 3.09. The van der Waals surface area contributed by atoms with Crippen molar-refractivity contribution in [3.63, 3.8) is 0 Å². The van der Waals surface area contributed by atoms with Gasteiger partial charge in [-0.25, -0.2) is 0 Å². The number of halogens is 2. The minimum absolute atomic E-state index is 0.0460. The summed E-state index contributed by atoms with van der Waals surface area (Å²) in [4.78, 5) is 23.2. The lowest BCUT2D eigenvalue weighted by Gasteiger charge is -2.09. The number of carbonyl (C=O) groups is 2. The molecule has 0 aliphatic rings. The normalized spacial score (nSPS) is 10.1. The van der Waals surface area contributed by atoms with Crippen molar-refractivity contribution in [1.82, 2.24) is 0 Å². The van der Waals surface area contributed by atoms with Crippen molar-refractivity contribution in [3.05, 3.63) is 52.5 Å². The Morgan fingerprint density at radius 2 is 1.38 bits per heavy atom. The molecular formula is C17H17Cl2N3O2. The summed E-state index contributed by atoms with van der Waals surface area (Å²) >= 11 is 11.8. The zero-order chi connectivity index (χ0) is 17.5. The average Bonchev–Trinajstić information content (AvgIpc) is 2.53. The van der Waals surface area contributed by atoms with Crippen LogP contribution < -0.4 is 16.0 Å². The second-order valence-electron chi connectivity index (χ2n) is 5.04. The highest BCUT2D eigenvalue weighted by Gasteiger charge is 2.05. The van der Waals surface area contributed by atoms with Crippen LogP contribution in [0.3, 0.4) is 0 Å². The molecule has 0 unspecified atom stereocenters. The minimum Gasteiger partial charge on any atom is -0.376 e. The molecule has 0 aromatic heterocycles. The van der Waals surface area contributed by atoms with E-state index in [9.17, 15) is 9.59 Å². The van der Waals surface area contributed by atoms with Crippen LogP contribution in [0.2, 0.25) is 10.0 Å². The van der Waals surface area contributed by atoms with Crippen LogP contribution in [0.1, 0.15) is 13.3 Å². The molecule has 2 aromatic carbocycles. The first-order valence-corrected chi connectivity index (χ1v) is 8.11. The molecule has 0 bridgehead atoms. The molecule has 2 rings (SSSR count). The number of rotatable bonds is 6. The van der Waals surface area contributed by atoms with E-state index in [1.807, 2.05) is 0 Å². The third kappa shape index (κ3) is 5.76. The standard InChI is InChI=1S/C17H17Cl2N3O2/c1-2-16(23)21-14-5-3-13(4-6-14)20-10-17(24)22-15-8-11(18)7-12(19)9-15/h3-9,20H,2,10H2,1H3,(H,21,23)(H,22,24). The maximum atomic E-state index is 11.9. The van der Waals surface area contributed by atoms with E-state index in [1.54, 1.807) is 49.4 Å². The summed E-state index contributed by atoms with van der Waals surface area (Å²) in [5.74, 6) is -0.271. The quantitative estimate of drug-likeness (QED) is 0.710. The molecule has 0 saturated heterocycles. The van der Waals surface area contributed by atoms with Crippen LogP contribution in [0.15, 0.2) is 42.5 Å². The maximum Gasteiger partial charge on any atom is 0.243 e. The second kappa shape index (κ2) is 8.57. The summed E-state index contributed by atoms with van der Waals surface area (Å²) in [6.07, 6.45) is 0.424. The van der Waals surface area contributed by atoms with Gasteiger partial charge in [-0.2, -0.15) is 0 Å². The van der Waals surface area contributed by atoms with E-state index in [0.29, 0.717) is 27.8 Å². The molecule has 2 aromatic rings. The van der Waals surface area contributed by atoms with Crippen molar-refractivity contribution in [2.75, 3.05) is 22.5 Å². The SMILES string of the molecule is CCC(=O)Nc1ccc(NCC(=O)Nc2cc(Cl)cc(Cl)c2)cc1. The highest BCUT2D eigenvalue weighted by Crippen LogP contribution is 2.22. The van der Waals surface area contributed by atoms with Gasteiger partial charge in [0.15, 0.2) is 0 Å². The molecule has 0 saturated carbocycles. The van der Waals surface area contributed by atoms with Crippen molar-refractivity contribution in [2.45, 2.75) is 13.3 Å². The Hall–Kier alpha value is -2.24. The first-order chi connectivity index (χ1) is 11.5. The Labute approximate surface area is 150 Å². The molecule has 5 nitrogen and oxygen atoms in total. The van der Waals surface area contributed by atoms with E-state index in [4.69, 9.17) is 23.2 Å². The van der Waals surface area contributed by atoms with Crippen molar-refractivity contribution in [2.24, 2.45) is 0 Å². The number of hydrogen-bond acceptors (Lipinski definition) is 3. The number of anilines is 3. The number of nitrogens with one attached hydrogen (secondary N) is 3.